The van der Waals surface area contributed by atoms with Crippen molar-refractivity contribution in [3.63, 3.8) is 0 Å². The molecule has 126 valence electrons. The van der Waals surface area contributed by atoms with Crippen molar-refractivity contribution in [1.82, 2.24) is 0 Å². The van der Waals surface area contributed by atoms with E-state index in [9.17, 15) is 9.59 Å². The molecular formula is C19H14ClNO4. The number of halogens is 1. The number of carbonyl (C=O) groups is 2. The zero-order valence-electron chi connectivity index (χ0n) is 13.4. The highest BCUT2D eigenvalue weighted by Crippen LogP contribution is 2.15. The lowest BCUT2D eigenvalue weighted by molar-refractivity contribution is -0.137. The Morgan fingerprint density at radius 3 is 2.32 bits per heavy atom. The normalized spacial score (nSPS) is 10.7. The summed E-state index contributed by atoms with van der Waals surface area (Å²) in [6, 6.07) is 14.8. The molecule has 0 saturated carbocycles. The Kier molecular flexibility index (Phi) is 6.33. The number of hydrogen-bond acceptors (Lipinski definition) is 5. The fraction of sp³-hybridized carbons (Fsp3) is 0.105. The van der Waals surface area contributed by atoms with Gasteiger partial charge in [-0.2, -0.15) is 5.26 Å². The number of ketones is 1. The highest BCUT2D eigenvalue weighted by Gasteiger charge is 2.14. The molecule has 0 heterocycles. The predicted octanol–water partition coefficient (Wildman–Crippen LogP) is 3.68. The first kappa shape index (κ1) is 18.2. The Labute approximate surface area is 150 Å². The van der Waals surface area contributed by atoms with Crippen LogP contribution in [0.4, 0.5) is 0 Å². The maximum absolute atomic E-state index is 12.0. The number of nitriles is 1. The van der Waals surface area contributed by atoms with Crippen LogP contribution in [0.3, 0.4) is 0 Å². The molecule has 0 bridgehead atoms. The van der Waals surface area contributed by atoms with Gasteiger partial charge in [0, 0.05) is 10.6 Å². The minimum atomic E-state index is -0.861. The standard InChI is InChI=1S/C19H14ClNO4/c1-24-17-8-2-13(3-9-17)10-15(11-21)19(23)25-12-18(22)14-4-6-16(20)7-5-14/h2-10H,12H2,1H3/b15-10+. The van der Waals surface area contributed by atoms with Gasteiger partial charge in [-0.15, -0.1) is 0 Å². The van der Waals surface area contributed by atoms with Gasteiger partial charge in [-0.1, -0.05) is 23.7 Å². The average Bonchev–Trinajstić information content (AvgIpc) is 2.65. The molecule has 2 aromatic carbocycles. The van der Waals surface area contributed by atoms with Crippen LogP contribution in [0, 0.1) is 11.3 Å². The Morgan fingerprint density at radius 2 is 1.76 bits per heavy atom. The minimum Gasteiger partial charge on any atom is -0.497 e. The van der Waals surface area contributed by atoms with Crippen molar-refractivity contribution in [3.8, 4) is 11.8 Å². The van der Waals surface area contributed by atoms with Crippen molar-refractivity contribution < 1.29 is 19.1 Å². The van der Waals surface area contributed by atoms with Crippen molar-refractivity contribution in [3.05, 3.63) is 70.3 Å². The fourth-order valence-electron chi connectivity index (χ4n) is 1.93. The van der Waals surface area contributed by atoms with Crippen LogP contribution in [0.2, 0.25) is 5.02 Å². The van der Waals surface area contributed by atoms with E-state index in [0.29, 0.717) is 21.9 Å². The molecule has 5 nitrogen and oxygen atoms in total. The number of rotatable bonds is 6. The van der Waals surface area contributed by atoms with E-state index in [1.807, 2.05) is 0 Å². The highest BCUT2D eigenvalue weighted by atomic mass is 35.5. The molecular weight excluding hydrogens is 342 g/mol. The Hall–Kier alpha value is -3.10. The molecule has 6 heteroatoms. The molecule has 0 fully saturated rings. The van der Waals surface area contributed by atoms with E-state index in [1.165, 1.54) is 18.2 Å². The fourth-order valence-corrected chi connectivity index (χ4v) is 2.06. The third-order valence-electron chi connectivity index (χ3n) is 3.27. The summed E-state index contributed by atoms with van der Waals surface area (Å²) in [5.74, 6) is -0.584. The number of esters is 1. The highest BCUT2D eigenvalue weighted by molar-refractivity contribution is 6.30. The van der Waals surface area contributed by atoms with Crippen LogP contribution in [-0.4, -0.2) is 25.5 Å². The number of nitrogens with zero attached hydrogens (tertiary/aromatic N) is 1. The van der Waals surface area contributed by atoms with Gasteiger partial charge in [0.05, 0.1) is 7.11 Å². The number of hydrogen-bond donors (Lipinski definition) is 0. The number of carbonyl (C=O) groups excluding carboxylic acids is 2. The summed E-state index contributed by atoms with van der Waals surface area (Å²) < 4.78 is 9.96. The van der Waals surface area contributed by atoms with Gasteiger partial charge in [-0.25, -0.2) is 4.79 Å². The Balaban J connectivity index is 2.01. The predicted molar refractivity (Wildman–Crippen MR) is 93.3 cm³/mol. The Morgan fingerprint density at radius 1 is 1.12 bits per heavy atom. The quantitative estimate of drug-likeness (QED) is 0.342. The molecule has 0 aliphatic rings. The molecule has 0 aliphatic carbocycles. The summed E-state index contributed by atoms with van der Waals surface area (Å²) in [5, 5.41) is 9.63. The van der Waals surface area contributed by atoms with Gasteiger partial charge in [-0.05, 0) is 48.0 Å². The minimum absolute atomic E-state index is 0.200. The molecule has 2 rings (SSSR count). The second kappa shape index (κ2) is 8.67. The molecule has 0 aromatic heterocycles. The molecule has 0 unspecified atom stereocenters. The second-order valence-electron chi connectivity index (χ2n) is 4.95. The summed E-state index contributed by atoms with van der Waals surface area (Å²) in [6.07, 6.45) is 1.38. The monoisotopic (exact) mass is 355 g/mol. The zero-order chi connectivity index (χ0) is 18.2. The van der Waals surface area contributed by atoms with Crippen LogP contribution in [0.5, 0.6) is 5.75 Å². The molecule has 0 atom stereocenters. The van der Waals surface area contributed by atoms with Crippen molar-refractivity contribution in [2.24, 2.45) is 0 Å². The van der Waals surface area contributed by atoms with Gasteiger partial charge in [0.2, 0.25) is 0 Å². The van der Waals surface area contributed by atoms with Crippen molar-refractivity contribution in [2.45, 2.75) is 0 Å². The first-order chi connectivity index (χ1) is 12.0. The van der Waals surface area contributed by atoms with E-state index >= 15 is 0 Å². The van der Waals surface area contributed by atoms with Crippen molar-refractivity contribution in [1.29, 1.82) is 5.26 Å². The van der Waals surface area contributed by atoms with Gasteiger partial charge < -0.3 is 9.47 Å². The lowest BCUT2D eigenvalue weighted by Crippen LogP contribution is -2.15. The van der Waals surface area contributed by atoms with E-state index in [4.69, 9.17) is 26.3 Å². The number of ether oxygens (including phenoxy) is 2. The van der Waals surface area contributed by atoms with E-state index in [2.05, 4.69) is 0 Å². The van der Waals surface area contributed by atoms with E-state index in [1.54, 1.807) is 49.6 Å². The number of methoxy groups -OCH3 is 1. The third-order valence-corrected chi connectivity index (χ3v) is 3.52. The van der Waals surface area contributed by atoms with E-state index < -0.39 is 12.6 Å². The summed E-state index contributed by atoms with van der Waals surface area (Å²) in [7, 11) is 1.54. The van der Waals surface area contributed by atoms with Crippen LogP contribution in [-0.2, 0) is 9.53 Å². The van der Waals surface area contributed by atoms with Gasteiger partial charge in [0.25, 0.3) is 0 Å². The molecule has 0 spiro atoms. The molecule has 0 radical (unpaired) electrons. The lowest BCUT2D eigenvalue weighted by Gasteiger charge is -2.04. The first-order valence-corrected chi connectivity index (χ1v) is 7.63. The van der Waals surface area contributed by atoms with Gasteiger partial charge in [-0.3, -0.25) is 4.79 Å². The average molecular weight is 356 g/mol. The maximum atomic E-state index is 12.0. The number of Topliss-reactive ketones (excluding diaryl/α,β-unsaturated/α-hetero) is 1. The number of benzene rings is 2. The zero-order valence-corrected chi connectivity index (χ0v) is 14.1. The summed E-state index contributed by atoms with van der Waals surface area (Å²) in [4.78, 5) is 23.9. The van der Waals surface area contributed by atoms with Gasteiger partial charge in [0.15, 0.2) is 12.4 Å². The van der Waals surface area contributed by atoms with Crippen LogP contribution >= 0.6 is 11.6 Å². The topological polar surface area (TPSA) is 76.4 Å². The first-order valence-electron chi connectivity index (χ1n) is 7.25. The smallest absolute Gasteiger partial charge is 0.349 e. The molecule has 0 saturated heterocycles. The molecule has 0 amide bonds. The SMILES string of the molecule is COc1ccc(/C=C(\C#N)C(=O)OCC(=O)c2ccc(Cl)cc2)cc1. The summed E-state index contributed by atoms with van der Waals surface area (Å²) in [5.41, 5.74) is 0.808. The molecule has 0 N–H and O–H groups in total. The van der Waals surface area contributed by atoms with E-state index in [0.717, 1.165) is 0 Å². The summed E-state index contributed by atoms with van der Waals surface area (Å²) in [6.45, 7) is -0.456. The van der Waals surface area contributed by atoms with Gasteiger partial charge in [0.1, 0.15) is 17.4 Å². The van der Waals surface area contributed by atoms with E-state index in [-0.39, 0.29) is 11.4 Å². The van der Waals surface area contributed by atoms with Crippen molar-refractivity contribution in [2.75, 3.05) is 13.7 Å². The second-order valence-corrected chi connectivity index (χ2v) is 5.39. The van der Waals surface area contributed by atoms with Crippen LogP contribution in [0.25, 0.3) is 6.08 Å². The van der Waals surface area contributed by atoms with Crippen LogP contribution < -0.4 is 4.74 Å². The summed E-state index contributed by atoms with van der Waals surface area (Å²) >= 11 is 5.75. The third kappa shape index (κ3) is 5.20. The van der Waals surface area contributed by atoms with Crippen LogP contribution in [0.1, 0.15) is 15.9 Å². The van der Waals surface area contributed by atoms with Gasteiger partial charge >= 0.3 is 5.97 Å². The molecule has 2 aromatic rings. The van der Waals surface area contributed by atoms with Crippen molar-refractivity contribution >= 4 is 29.4 Å². The largest absolute Gasteiger partial charge is 0.497 e. The molecule has 0 aliphatic heterocycles. The Bertz CT molecular complexity index is 833. The maximum Gasteiger partial charge on any atom is 0.349 e. The lowest BCUT2D eigenvalue weighted by atomic mass is 10.1. The molecule has 25 heavy (non-hydrogen) atoms. The van der Waals surface area contributed by atoms with Crippen LogP contribution in [0.15, 0.2) is 54.1 Å².